The Morgan fingerprint density at radius 1 is 1.12 bits per heavy atom. The third-order valence-electron chi connectivity index (χ3n) is 4.73. The van der Waals surface area contributed by atoms with Crippen LogP contribution in [0.3, 0.4) is 0 Å². The molecule has 0 N–H and O–H groups in total. The van der Waals surface area contributed by atoms with Crippen molar-refractivity contribution in [2.45, 2.75) is 45.4 Å². The van der Waals surface area contributed by atoms with Crippen LogP contribution in [0.1, 0.15) is 49.4 Å². The first-order valence-corrected chi connectivity index (χ1v) is 9.26. The molecule has 132 valence electrons. The summed E-state index contributed by atoms with van der Waals surface area (Å²) in [6.45, 7) is 6.03. The lowest BCUT2D eigenvalue weighted by Crippen LogP contribution is -2.13. The van der Waals surface area contributed by atoms with Gasteiger partial charge in [0.25, 0.3) is 0 Å². The molecule has 0 bridgehead atoms. The van der Waals surface area contributed by atoms with Gasteiger partial charge in [0.1, 0.15) is 5.15 Å². The molecule has 0 radical (unpaired) electrons. The highest BCUT2D eigenvalue weighted by Gasteiger charge is 2.19. The molecule has 1 aromatic carbocycles. The lowest BCUT2D eigenvalue weighted by Gasteiger charge is -2.16. The molecule has 0 aliphatic carbocycles. The van der Waals surface area contributed by atoms with Gasteiger partial charge in [-0.3, -0.25) is 4.98 Å². The summed E-state index contributed by atoms with van der Waals surface area (Å²) in [6, 6.07) is 14.3. The molecule has 0 amide bonds. The van der Waals surface area contributed by atoms with Crippen molar-refractivity contribution in [1.82, 2.24) is 9.97 Å². The van der Waals surface area contributed by atoms with Gasteiger partial charge in [-0.05, 0) is 61.1 Å². The minimum Gasteiger partial charge on any atom is -0.254 e. The van der Waals surface area contributed by atoms with Crippen LogP contribution in [0.2, 0.25) is 5.15 Å². The molecule has 0 spiro atoms. The van der Waals surface area contributed by atoms with Crippen LogP contribution in [0.25, 0.3) is 11.0 Å². The van der Waals surface area contributed by atoms with E-state index in [2.05, 4.69) is 35.1 Å². The zero-order valence-corrected chi connectivity index (χ0v) is 16.1. The first kappa shape index (κ1) is 18.4. The Kier molecular flexibility index (Phi) is 5.25. The fourth-order valence-electron chi connectivity index (χ4n) is 3.12. The van der Waals surface area contributed by atoms with Gasteiger partial charge >= 0.3 is 0 Å². The van der Waals surface area contributed by atoms with Gasteiger partial charge in [-0.1, -0.05) is 49.2 Å². The van der Waals surface area contributed by atoms with E-state index < -0.39 is 5.41 Å². The maximum absolute atomic E-state index is 9.31. The first-order chi connectivity index (χ1) is 12.4. The molecular weight excluding hydrogens is 342 g/mol. The summed E-state index contributed by atoms with van der Waals surface area (Å²) in [7, 11) is 0. The van der Waals surface area contributed by atoms with Gasteiger partial charge in [-0.25, -0.2) is 4.98 Å². The Hall–Kier alpha value is -2.44. The van der Waals surface area contributed by atoms with Gasteiger partial charge in [0.05, 0.1) is 22.5 Å². The van der Waals surface area contributed by atoms with Crippen LogP contribution in [-0.4, -0.2) is 9.97 Å². The molecule has 0 fully saturated rings. The summed E-state index contributed by atoms with van der Waals surface area (Å²) < 4.78 is 0. The molecule has 0 saturated heterocycles. The number of hydrogen-bond donors (Lipinski definition) is 0. The van der Waals surface area contributed by atoms with E-state index in [9.17, 15) is 5.26 Å². The number of benzene rings is 1. The van der Waals surface area contributed by atoms with Crippen molar-refractivity contribution in [3.05, 3.63) is 70.0 Å². The molecule has 0 aliphatic rings. The molecule has 2 heterocycles. The summed E-state index contributed by atoms with van der Waals surface area (Å²) in [6.07, 6.45) is 4.75. The summed E-state index contributed by atoms with van der Waals surface area (Å²) in [4.78, 5) is 9.09. The molecule has 3 nitrogen and oxygen atoms in total. The first-order valence-electron chi connectivity index (χ1n) is 8.88. The summed E-state index contributed by atoms with van der Waals surface area (Å²) in [5.74, 6) is 0. The average molecular weight is 364 g/mol. The molecule has 0 unspecified atom stereocenters. The number of nitrogens with zero attached hydrogens (tertiary/aromatic N) is 3. The van der Waals surface area contributed by atoms with E-state index in [0.29, 0.717) is 5.15 Å². The Bertz CT molecular complexity index is 969. The van der Waals surface area contributed by atoms with Crippen LogP contribution < -0.4 is 0 Å². The quantitative estimate of drug-likeness (QED) is 0.552. The number of aryl methyl sites for hydroxylation is 1. The maximum Gasteiger partial charge on any atom is 0.129 e. The van der Waals surface area contributed by atoms with E-state index in [-0.39, 0.29) is 0 Å². The second-order valence-corrected chi connectivity index (χ2v) is 7.51. The zero-order chi connectivity index (χ0) is 18.7. The lowest BCUT2D eigenvalue weighted by molar-refractivity contribution is 0.686. The van der Waals surface area contributed by atoms with Crippen molar-refractivity contribution >= 4 is 22.6 Å². The molecule has 0 atom stereocenters. The van der Waals surface area contributed by atoms with E-state index >= 15 is 0 Å². The summed E-state index contributed by atoms with van der Waals surface area (Å²) in [5, 5.41) is 9.80. The summed E-state index contributed by atoms with van der Waals surface area (Å²) >= 11 is 6.14. The van der Waals surface area contributed by atoms with Gasteiger partial charge in [0, 0.05) is 6.20 Å². The van der Waals surface area contributed by atoms with Crippen molar-refractivity contribution in [2.24, 2.45) is 0 Å². The molecule has 3 rings (SSSR count). The topological polar surface area (TPSA) is 49.6 Å². The van der Waals surface area contributed by atoms with Crippen molar-refractivity contribution in [3.8, 4) is 6.07 Å². The van der Waals surface area contributed by atoms with Crippen LogP contribution in [0.5, 0.6) is 0 Å². The van der Waals surface area contributed by atoms with Gasteiger partial charge in [-0.15, -0.1) is 0 Å². The third kappa shape index (κ3) is 3.71. The highest BCUT2D eigenvalue weighted by Crippen LogP contribution is 2.27. The van der Waals surface area contributed by atoms with Crippen LogP contribution in [0.4, 0.5) is 0 Å². The monoisotopic (exact) mass is 363 g/mol. The van der Waals surface area contributed by atoms with E-state index in [1.54, 1.807) is 6.07 Å². The van der Waals surface area contributed by atoms with Crippen LogP contribution in [0, 0.1) is 11.3 Å². The van der Waals surface area contributed by atoms with Gasteiger partial charge in [0.2, 0.25) is 0 Å². The highest BCUT2D eigenvalue weighted by atomic mass is 35.5. The van der Waals surface area contributed by atoms with Crippen molar-refractivity contribution in [3.63, 3.8) is 0 Å². The minimum absolute atomic E-state index is 0.482. The average Bonchev–Trinajstić information content (AvgIpc) is 2.64. The number of fused-ring (bicyclic) bond motifs is 1. The van der Waals surface area contributed by atoms with E-state index in [1.807, 2.05) is 38.2 Å². The molecule has 26 heavy (non-hydrogen) atoms. The van der Waals surface area contributed by atoms with E-state index in [1.165, 1.54) is 16.7 Å². The smallest absolute Gasteiger partial charge is 0.129 e. The Morgan fingerprint density at radius 2 is 1.85 bits per heavy atom. The normalized spacial score (nSPS) is 11.5. The summed E-state index contributed by atoms with van der Waals surface area (Å²) in [5.41, 5.74) is 5.89. The fourth-order valence-corrected chi connectivity index (χ4v) is 3.27. The number of hydrogen-bond acceptors (Lipinski definition) is 3. The second kappa shape index (κ2) is 7.43. The highest BCUT2D eigenvalue weighted by molar-refractivity contribution is 6.29. The fraction of sp³-hybridized carbons (Fsp3) is 0.318. The van der Waals surface area contributed by atoms with Crippen molar-refractivity contribution < 1.29 is 0 Å². The molecule has 0 saturated carbocycles. The Labute approximate surface area is 159 Å². The molecule has 3 aromatic rings. The third-order valence-corrected chi connectivity index (χ3v) is 4.94. The van der Waals surface area contributed by atoms with Crippen molar-refractivity contribution in [2.75, 3.05) is 0 Å². The predicted molar refractivity (Wildman–Crippen MR) is 106 cm³/mol. The number of pyridine rings is 2. The zero-order valence-electron chi connectivity index (χ0n) is 15.4. The second-order valence-electron chi connectivity index (χ2n) is 7.12. The van der Waals surface area contributed by atoms with Crippen LogP contribution in [0.15, 0.2) is 42.6 Å². The minimum atomic E-state index is -0.482. The standard InChI is InChI=1S/C22H22ClN3/c1-4-5-16-13-25-19-10-11-20(23)26-21(19)18(16)12-15-6-8-17(9-7-15)22(2,3)14-24/h6-11,13H,4-5,12H2,1-3H3. The Balaban J connectivity index is 2.03. The molecule has 0 aliphatic heterocycles. The number of rotatable bonds is 5. The maximum atomic E-state index is 9.31. The van der Waals surface area contributed by atoms with Crippen molar-refractivity contribution in [1.29, 1.82) is 5.26 Å². The number of nitriles is 1. The number of aromatic nitrogens is 2. The molecule has 2 aromatic heterocycles. The van der Waals surface area contributed by atoms with Gasteiger partial charge in [-0.2, -0.15) is 5.26 Å². The van der Waals surface area contributed by atoms with Crippen LogP contribution in [-0.2, 0) is 18.3 Å². The van der Waals surface area contributed by atoms with Gasteiger partial charge in [0.15, 0.2) is 0 Å². The Morgan fingerprint density at radius 3 is 2.50 bits per heavy atom. The van der Waals surface area contributed by atoms with E-state index in [0.717, 1.165) is 35.9 Å². The van der Waals surface area contributed by atoms with E-state index in [4.69, 9.17) is 11.6 Å². The predicted octanol–water partition coefficient (Wildman–Crippen LogP) is 5.63. The van der Waals surface area contributed by atoms with Gasteiger partial charge < -0.3 is 0 Å². The molecular formula is C22H22ClN3. The number of halogens is 1. The lowest BCUT2D eigenvalue weighted by atomic mass is 9.85. The SMILES string of the molecule is CCCc1cnc2ccc(Cl)nc2c1Cc1ccc(C(C)(C)C#N)cc1. The van der Waals surface area contributed by atoms with Crippen LogP contribution >= 0.6 is 11.6 Å². The largest absolute Gasteiger partial charge is 0.254 e. The molecule has 4 heteroatoms.